The van der Waals surface area contributed by atoms with E-state index >= 15 is 0 Å². The molecular weight excluding hydrogens is 226 g/mol. The molecule has 1 aliphatic rings. The van der Waals surface area contributed by atoms with Gasteiger partial charge in [-0.3, -0.25) is 0 Å². The van der Waals surface area contributed by atoms with Gasteiger partial charge in [0.2, 0.25) is 0 Å². The van der Waals surface area contributed by atoms with Crippen molar-refractivity contribution in [3.63, 3.8) is 0 Å². The molecule has 0 aliphatic carbocycles. The van der Waals surface area contributed by atoms with Gasteiger partial charge in [0, 0.05) is 20.2 Å². The predicted molar refractivity (Wildman–Crippen MR) is 72.4 cm³/mol. The van der Waals surface area contributed by atoms with E-state index in [1.54, 1.807) is 7.11 Å². The number of hydrogen-bond donors (Lipinski definition) is 1. The maximum atomic E-state index is 5.78. The van der Waals surface area contributed by atoms with E-state index in [1.165, 1.54) is 24.0 Å². The molecule has 18 heavy (non-hydrogen) atoms. The second-order valence-electron chi connectivity index (χ2n) is 5.03. The first-order valence-corrected chi connectivity index (χ1v) is 6.71. The molecule has 0 aromatic heterocycles. The van der Waals surface area contributed by atoms with Gasteiger partial charge in [0.1, 0.15) is 0 Å². The summed E-state index contributed by atoms with van der Waals surface area (Å²) in [5, 5.41) is 3.47. The zero-order valence-corrected chi connectivity index (χ0v) is 11.3. The highest BCUT2D eigenvalue weighted by Crippen LogP contribution is 2.18. The number of rotatable bonds is 6. The molecule has 1 aromatic rings. The second kappa shape index (κ2) is 6.88. The van der Waals surface area contributed by atoms with Gasteiger partial charge in [-0.05, 0) is 30.9 Å². The van der Waals surface area contributed by atoms with Crippen molar-refractivity contribution in [2.24, 2.45) is 0 Å². The van der Waals surface area contributed by atoms with E-state index in [4.69, 9.17) is 9.47 Å². The number of methoxy groups -OCH3 is 1. The van der Waals surface area contributed by atoms with Crippen LogP contribution < -0.4 is 5.32 Å². The molecule has 1 heterocycles. The van der Waals surface area contributed by atoms with Crippen LogP contribution in [-0.2, 0) is 22.6 Å². The van der Waals surface area contributed by atoms with E-state index < -0.39 is 0 Å². The molecule has 0 spiro atoms. The Bertz CT molecular complexity index is 367. The standard InChI is InChI=1S/C15H23NO2/c1-12-6-7-15(18-12)10-16-9-13-4-3-5-14(8-13)11-17-2/h3-5,8,12,15-16H,6-7,9-11H2,1-2H3. The van der Waals surface area contributed by atoms with Gasteiger partial charge in [0.25, 0.3) is 0 Å². The molecule has 1 saturated heterocycles. The van der Waals surface area contributed by atoms with Gasteiger partial charge < -0.3 is 14.8 Å². The van der Waals surface area contributed by atoms with E-state index in [9.17, 15) is 0 Å². The van der Waals surface area contributed by atoms with E-state index in [-0.39, 0.29) is 0 Å². The molecule has 3 nitrogen and oxygen atoms in total. The summed E-state index contributed by atoms with van der Waals surface area (Å²) in [7, 11) is 1.73. The third kappa shape index (κ3) is 4.09. The Morgan fingerprint density at radius 2 is 2.17 bits per heavy atom. The summed E-state index contributed by atoms with van der Waals surface area (Å²) in [5.41, 5.74) is 2.53. The third-order valence-electron chi connectivity index (χ3n) is 3.32. The van der Waals surface area contributed by atoms with E-state index in [0.717, 1.165) is 13.1 Å². The predicted octanol–water partition coefficient (Wildman–Crippen LogP) is 2.49. The molecule has 2 unspecified atom stereocenters. The molecular formula is C15H23NO2. The fourth-order valence-corrected chi connectivity index (χ4v) is 2.41. The highest BCUT2D eigenvalue weighted by molar-refractivity contribution is 5.22. The van der Waals surface area contributed by atoms with Crippen molar-refractivity contribution in [3.05, 3.63) is 35.4 Å². The zero-order chi connectivity index (χ0) is 12.8. The van der Waals surface area contributed by atoms with Gasteiger partial charge in [-0.1, -0.05) is 24.3 Å². The number of ether oxygens (including phenoxy) is 2. The molecule has 0 saturated carbocycles. The smallest absolute Gasteiger partial charge is 0.0713 e. The molecule has 0 amide bonds. The number of benzene rings is 1. The molecule has 2 rings (SSSR count). The Labute approximate surface area is 109 Å². The minimum Gasteiger partial charge on any atom is -0.380 e. The normalized spacial score (nSPS) is 23.4. The lowest BCUT2D eigenvalue weighted by Crippen LogP contribution is -2.26. The van der Waals surface area contributed by atoms with Gasteiger partial charge >= 0.3 is 0 Å². The second-order valence-corrected chi connectivity index (χ2v) is 5.03. The third-order valence-corrected chi connectivity index (χ3v) is 3.32. The zero-order valence-electron chi connectivity index (χ0n) is 11.3. The summed E-state index contributed by atoms with van der Waals surface area (Å²) in [5.74, 6) is 0. The highest BCUT2D eigenvalue weighted by Gasteiger charge is 2.20. The van der Waals surface area contributed by atoms with Crippen LogP contribution in [0.25, 0.3) is 0 Å². The van der Waals surface area contributed by atoms with Crippen molar-refractivity contribution in [1.82, 2.24) is 5.32 Å². The lowest BCUT2D eigenvalue weighted by molar-refractivity contribution is 0.0559. The maximum Gasteiger partial charge on any atom is 0.0713 e. The highest BCUT2D eigenvalue weighted by atomic mass is 16.5. The minimum atomic E-state index is 0.391. The average Bonchev–Trinajstić information content (AvgIpc) is 2.76. The average molecular weight is 249 g/mol. The molecule has 100 valence electrons. The van der Waals surface area contributed by atoms with E-state index in [2.05, 4.69) is 36.5 Å². The summed E-state index contributed by atoms with van der Waals surface area (Å²) < 4.78 is 10.9. The summed E-state index contributed by atoms with van der Waals surface area (Å²) in [6.07, 6.45) is 3.19. The van der Waals surface area contributed by atoms with Crippen LogP contribution in [0.4, 0.5) is 0 Å². The summed E-state index contributed by atoms with van der Waals surface area (Å²) >= 11 is 0. The van der Waals surface area contributed by atoms with Crippen LogP contribution in [0.15, 0.2) is 24.3 Å². The van der Waals surface area contributed by atoms with Crippen molar-refractivity contribution in [2.45, 2.75) is 45.1 Å². The van der Waals surface area contributed by atoms with Gasteiger partial charge in [-0.2, -0.15) is 0 Å². The molecule has 0 radical (unpaired) electrons. The Morgan fingerprint density at radius 1 is 1.33 bits per heavy atom. The Morgan fingerprint density at radius 3 is 2.89 bits per heavy atom. The molecule has 0 bridgehead atoms. The summed E-state index contributed by atoms with van der Waals surface area (Å²) in [4.78, 5) is 0. The number of hydrogen-bond acceptors (Lipinski definition) is 3. The summed E-state index contributed by atoms with van der Waals surface area (Å²) in [6.45, 7) is 4.66. The van der Waals surface area contributed by atoms with E-state index in [1.807, 2.05) is 0 Å². The van der Waals surface area contributed by atoms with Crippen LogP contribution in [-0.4, -0.2) is 25.9 Å². The lowest BCUT2D eigenvalue weighted by atomic mass is 10.1. The van der Waals surface area contributed by atoms with Crippen LogP contribution >= 0.6 is 0 Å². The van der Waals surface area contributed by atoms with Crippen molar-refractivity contribution in [1.29, 1.82) is 0 Å². The van der Waals surface area contributed by atoms with Crippen molar-refractivity contribution >= 4 is 0 Å². The topological polar surface area (TPSA) is 30.5 Å². The van der Waals surface area contributed by atoms with Gasteiger partial charge in [-0.25, -0.2) is 0 Å². The Kier molecular flexibility index (Phi) is 5.17. The first kappa shape index (κ1) is 13.5. The SMILES string of the molecule is COCc1cccc(CNCC2CCC(C)O2)c1. The van der Waals surface area contributed by atoms with Crippen LogP contribution in [0.5, 0.6) is 0 Å². The first-order valence-electron chi connectivity index (χ1n) is 6.71. The van der Waals surface area contributed by atoms with Crippen molar-refractivity contribution in [3.8, 4) is 0 Å². The van der Waals surface area contributed by atoms with Crippen molar-refractivity contribution < 1.29 is 9.47 Å². The first-order chi connectivity index (χ1) is 8.78. The minimum absolute atomic E-state index is 0.391. The monoisotopic (exact) mass is 249 g/mol. The number of nitrogens with one attached hydrogen (secondary N) is 1. The largest absolute Gasteiger partial charge is 0.380 e. The quantitative estimate of drug-likeness (QED) is 0.840. The van der Waals surface area contributed by atoms with Crippen LogP contribution in [0.3, 0.4) is 0 Å². The maximum absolute atomic E-state index is 5.78. The lowest BCUT2D eigenvalue weighted by Gasteiger charge is -2.12. The van der Waals surface area contributed by atoms with E-state index in [0.29, 0.717) is 18.8 Å². The molecule has 1 N–H and O–H groups in total. The van der Waals surface area contributed by atoms with Gasteiger partial charge in [0.05, 0.1) is 18.8 Å². The summed E-state index contributed by atoms with van der Waals surface area (Å²) in [6, 6.07) is 8.51. The molecule has 1 aromatic carbocycles. The molecule has 3 heteroatoms. The van der Waals surface area contributed by atoms with Gasteiger partial charge in [-0.15, -0.1) is 0 Å². The Balaban J connectivity index is 1.74. The van der Waals surface area contributed by atoms with Gasteiger partial charge in [0.15, 0.2) is 0 Å². The van der Waals surface area contributed by atoms with Crippen LogP contribution in [0.2, 0.25) is 0 Å². The Hall–Kier alpha value is -0.900. The van der Waals surface area contributed by atoms with Crippen molar-refractivity contribution in [2.75, 3.05) is 13.7 Å². The fraction of sp³-hybridized carbons (Fsp3) is 0.600. The molecule has 1 aliphatic heterocycles. The fourth-order valence-electron chi connectivity index (χ4n) is 2.41. The van der Waals surface area contributed by atoms with Crippen LogP contribution in [0, 0.1) is 0 Å². The molecule has 2 atom stereocenters. The molecule has 1 fully saturated rings. The van der Waals surface area contributed by atoms with Crippen LogP contribution in [0.1, 0.15) is 30.9 Å².